The fraction of sp³-hybridized carbons (Fsp3) is 0.765. The smallest absolute Gasteiger partial charge is 0.0587 e. The maximum absolute atomic E-state index is 5.15. The number of thiophene rings is 1. The molecule has 2 fully saturated rings. The molecule has 3 heteroatoms. The van der Waals surface area contributed by atoms with Crippen molar-refractivity contribution in [2.24, 2.45) is 5.41 Å². The highest BCUT2D eigenvalue weighted by atomic mass is 32.1. The highest BCUT2D eigenvalue weighted by molar-refractivity contribution is 7.10. The van der Waals surface area contributed by atoms with Gasteiger partial charge in [0.15, 0.2) is 0 Å². The Kier molecular flexibility index (Phi) is 4.49. The van der Waals surface area contributed by atoms with E-state index in [-0.39, 0.29) is 0 Å². The molecule has 20 heavy (non-hydrogen) atoms. The fourth-order valence-corrected chi connectivity index (χ4v) is 5.44. The molecule has 2 aliphatic carbocycles. The van der Waals surface area contributed by atoms with Gasteiger partial charge in [0.25, 0.3) is 0 Å². The minimum absolute atomic E-state index is 0.416. The Morgan fingerprint density at radius 3 is 2.70 bits per heavy atom. The van der Waals surface area contributed by atoms with Gasteiger partial charge in [-0.1, -0.05) is 25.3 Å². The number of hydrogen-bond donors (Lipinski definition) is 1. The summed E-state index contributed by atoms with van der Waals surface area (Å²) in [5.41, 5.74) is 1.10. The van der Waals surface area contributed by atoms with Crippen LogP contribution in [0.5, 0.6) is 0 Å². The highest BCUT2D eigenvalue weighted by Crippen LogP contribution is 2.62. The molecular weight excluding hydrogens is 266 g/mol. The van der Waals surface area contributed by atoms with Gasteiger partial charge in [-0.3, -0.25) is 0 Å². The first-order valence-electron chi connectivity index (χ1n) is 8.02. The van der Waals surface area contributed by atoms with Crippen LogP contribution < -0.4 is 5.32 Å². The van der Waals surface area contributed by atoms with Gasteiger partial charge in [0, 0.05) is 30.5 Å². The van der Waals surface area contributed by atoms with E-state index in [9.17, 15) is 0 Å². The van der Waals surface area contributed by atoms with Crippen molar-refractivity contribution in [1.82, 2.24) is 5.32 Å². The van der Waals surface area contributed by atoms with Crippen molar-refractivity contribution in [2.45, 2.75) is 50.4 Å². The van der Waals surface area contributed by atoms with Crippen LogP contribution in [0.4, 0.5) is 0 Å². The largest absolute Gasteiger partial charge is 0.383 e. The van der Waals surface area contributed by atoms with Crippen LogP contribution in [-0.4, -0.2) is 26.8 Å². The standard InChI is InChI=1S/C17H27NOS/c1-19-10-9-18-14-17(15-6-5-11-20-15)12-16(13-17)7-3-2-4-8-16/h5-6,11,18H,2-4,7-10,12-14H2,1H3. The summed E-state index contributed by atoms with van der Waals surface area (Å²) in [5, 5.41) is 5.86. The molecule has 0 saturated heterocycles. The van der Waals surface area contributed by atoms with Crippen LogP contribution in [0.25, 0.3) is 0 Å². The Balaban J connectivity index is 1.64. The van der Waals surface area contributed by atoms with Crippen molar-refractivity contribution in [1.29, 1.82) is 0 Å². The van der Waals surface area contributed by atoms with Crippen LogP contribution in [0.2, 0.25) is 0 Å². The van der Waals surface area contributed by atoms with E-state index in [1.165, 1.54) is 44.9 Å². The summed E-state index contributed by atoms with van der Waals surface area (Å²) in [6.45, 7) is 2.90. The van der Waals surface area contributed by atoms with E-state index in [2.05, 4.69) is 22.8 Å². The first-order chi connectivity index (χ1) is 9.79. The van der Waals surface area contributed by atoms with Gasteiger partial charge in [-0.15, -0.1) is 11.3 Å². The molecule has 1 aromatic rings. The lowest BCUT2D eigenvalue weighted by Crippen LogP contribution is -2.55. The molecule has 1 spiro atoms. The predicted molar refractivity (Wildman–Crippen MR) is 85.5 cm³/mol. The number of ether oxygens (including phenoxy) is 1. The first-order valence-corrected chi connectivity index (χ1v) is 8.90. The van der Waals surface area contributed by atoms with Crippen LogP contribution in [0.3, 0.4) is 0 Å². The Hall–Kier alpha value is -0.380. The lowest BCUT2D eigenvalue weighted by Gasteiger charge is -2.58. The quantitative estimate of drug-likeness (QED) is 0.801. The van der Waals surface area contributed by atoms with Crippen molar-refractivity contribution >= 4 is 11.3 Å². The van der Waals surface area contributed by atoms with E-state index in [1.54, 1.807) is 12.0 Å². The van der Waals surface area contributed by atoms with Gasteiger partial charge < -0.3 is 10.1 Å². The van der Waals surface area contributed by atoms with Crippen molar-refractivity contribution in [3.05, 3.63) is 22.4 Å². The van der Waals surface area contributed by atoms with Crippen LogP contribution in [-0.2, 0) is 10.2 Å². The fourth-order valence-electron chi connectivity index (χ4n) is 4.51. The lowest BCUT2D eigenvalue weighted by molar-refractivity contribution is -0.0113. The minimum atomic E-state index is 0.416. The third-order valence-corrected chi connectivity index (χ3v) is 6.45. The van der Waals surface area contributed by atoms with Gasteiger partial charge in [-0.05, 0) is 42.5 Å². The van der Waals surface area contributed by atoms with Gasteiger partial charge in [0.05, 0.1) is 6.61 Å². The Bertz CT molecular complexity index is 401. The molecule has 0 aromatic carbocycles. The second-order valence-corrected chi connectivity index (χ2v) is 7.79. The summed E-state index contributed by atoms with van der Waals surface area (Å²) >= 11 is 1.95. The number of nitrogens with one attached hydrogen (secondary N) is 1. The molecule has 112 valence electrons. The SMILES string of the molecule is COCCNCC1(c2cccs2)CC2(CCCCC2)C1. The molecule has 1 N–H and O–H groups in total. The Labute approximate surface area is 126 Å². The van der Waals surface area contributed by atoms with Crippen molar-refractivity contribution in [3.63, 3.8) is 0 Å². The maximum Gasteiger partial charge on any atom is 0.0587 e. The van der Waals surface area contributed by atoms with Gasteiger partial charge in [-0.2, -0.15) is 0 Å². The third kappa shape index (κ3) is 2.81. The summed E-state index contributed by atoms with van der Waals surface area (Å²) in [6.07, 6.45) is 10.1. The zero-order valence-corrected chi connectivity index (χ0v) is 13.4. The highest BCUT2D eigenvalue weighted by Gasteiger charge is 2.55. The van der Waals surface area contributed by atoms with E-state index in [4.69, 9.17) is 4.74 Å². The van der Waals surface area contributed by atoms with Crippen LogP contribution >= 0.6 is 11.3 Å². The van der Waals surface area contributed by atoms with Gasteiger partial charge in [-0.25, -0.2) is 0 Å². The molecule has 1 heterocycles. The molecule has 0 radical (unpaired) electrons. The summed E-state index contributed by atoms with van der Waals surface area (Å²) in [6, 6.07) is 4.56. The number of methoxy groups -OCH3 is 1. The normalized spacial score (nSPS) is 23.6. The van der Waals surface area contributed by atoms with Crippen LogP contribution in [0, 0.1) is 5.41 Å². The van der Waals surface area contributed by atoms with E-state index in [0.29, 0.717) is 10.8 Å². The van der Waals surface area contributed by atoms with Crippen molar-refractivity contribution < 1.29 is 4.74 Å². The zero-order valence-electron chi connectivity index (χ0n) is 12.6. The van der Waals surface area contributed by atoms with Crippen molar-refractivity contribution in [2.75, 3.05) is 26.8 Å². The molecule has 0 atom stereocenters. The van der Waals surface area contributed by atoms with E-state index < -0.39 is 0 Å². The number of hydrogen-bond acceptors (Lipinski definition) is 3. The van der Waals surface area contributed by atoms with Gasteiger partial charge in [0.2, 0.25) is 0 Å². The molecule has 2 saturated carbocycles. The first kappa shape index (κ1) is 14.6. The molecule has 0 unspecified atom stereocenters. The predicted octanol–water partition coefficient (Wildman–Crippen LogP) is 3.97. The van der Waals surface area contributed by atoms with Gasteiger partial charge >= 0.3 is 0 Å². The van der Waals surface area contributed by atoms with Crippen LogP contribution in [0.1, 0.15) is 49.8 Å². The average molecular weight is 293 g/mol. The molecular formula is C17H27NOS. The molecule has 2 aliphatic rings. The third-order valence-electron chi connectivity index (χ3n) is 5.33. The second kappa shape index (κ2) is 6.17. The van der Waals surface area contributed by atoms with E-state index in [1.807, 2.05) is 11.3 Å². The topological polar surface area (TPSA) is 21.3 Å². The van der Waals surface area contributed by atoms with Crippen molar-refractivity contribution in [3.8, 4) is 0 Å². The molecule has 0 amide bonds. The minimum Gasteiger partial charge on any atom is -0.383 e. The van der Waals surface area contributed by atoms with Crippen LogP contribution in [0.15, 0.2) is 17.5 Å². The Morgan fingerprint density at radius 2 is 2.05 bits per heavy atom. The van der Waals surface area contributed by atoms with Gasteiger partial charge in [0.1, 0.15) is 0 Å². The number of rotatable bonds is 6. The molecule has 1 aromatic heterocycles. The summed E-state index contributed by atoms with van der Waals surface area (Å²) in [7, 11) is 1.77. The average Bonchev–Trinajstić information content (AvgIpc) is 2.97. The zero-order chi connectivity index (χ0) is 13.9. The summed E-state index contributed by atoms with van der Waals surface area (Å²) < 4.78 is 5.15. The summed E-state index contributed by atoms with van der Waals surface area (Å²) in [5.74, 6) is 0. The molecule has 3 rings (SSSR count). The van der Waals surface area contributed by atoms with E-state index >= 15 is 0 Å². The Morgan fingerprint density at radius 1 is 1.25 bits per heavy atom. The lowest BCUT2D eigenvalue weighted by atomic mass is 9.48. The molecule has 0 aliphatic heterocycles. The monoisotopic (exact) mass is 293 g/mol. The maximum atomic E-state index is 5.15. The molecule has 0 bridgehead atoms. The summed E-state index contributed by atoms with van der Waals surface area (Å²) in [4.78, 5) is 1.60. The van der Waals surface area contributed by atoms with E-state index in [0.717, 1.165) is 19.7 Å². The molecule has 2 nitrogen and oxygen atoms in total. The second-order valence-electron chi connectivity index (χ2n) is 6.84.